The van der Waals surface area contributed by atoms with Crippen molar-refractivity contribution in [3.63, 3.8) is 0 Å². The van der Waals surface area contributed by atoms with E-state index in [9.17, 15) is 13.2 Å². The molecule has 0 saturated carbocycles. The number of nitrogens with two attached hydrogens (primary N) is 1. The van der Waals surface area contributed by atoms with E-state index in [1.165, 1.54) is 12.1 Å². The van der Waals surface area contributed by atoms with E-state index in [0.29, 0.717) is 13.1 Å². The first-order chi connectivity index (χ1) is 7.99. The minimum Gasteiger partial charge on any atom is -0.384 e. The zero-order chi connectivity index (χ0) is 12.5. The summed E-state index contributed by atoms with van der Waals surface area (Å²) in [6.07, 6.45) is -4.47. The molecule has 0 radical (unpaired) electrons. The molecule has 1 heterocycles. The normalized spacial score (nSPS) is 16.9. The van der Waals surface area contributed by atoms with Crippen LogP contribution in [0.1, 0.15) is 5.56 Å². The summed E-state index contributed by atoms with van der Waals surface area (Å²) < 4.78 is 38.0. The predicted octanol–water partition coefficient (Wildman–Crippen LogP) is 2.24. The van der Waals surface area contributed by atoms with Gasteiger partial charge in [-0.15, -0.1) is 10.2 Å². The number of nitrogens with one attached hydrogen (secondary N) is 1. The standard InChI is InChI=1S/C10H11F3N4/c11-10(12,13)9(16-17-9)7-1-3-8(4-2-7)15-6-5-14/h1-4,15H,5-6,14H2. The molecule has 92 valence electrons. The van der Waals surface area contributed by atoms with Gasteiger partial charge >= 0.3 is 11.8 Å². The van der Waals surface area contributed by atoms with Crippen LogP contribution in [0.25, 0.3) is 0 Å². The summed E-state index contributed by atoms with van der Waals surface area (Å²) in [6, 6.07) is 5.85. The van der Waals surface area contributed by atoms with Crippen LogP contribution in [0.3, 0.4) is 0 Å². The summed E-state index contributed by atoms with van der Waals surface area (Å²) in [4.78, 5) is 0. The van der Waals surface area contributed by atoms with Crippen molar-refractivity contribution < 1.29 is 13.2 Å². The molecule has 0 atom stereocenters. The molecule has 0 fully saturated rings. The summed E-state index contributed by atoms with van der Waals surface area (Å²) in [5, 5.41) is 9.22. The molecule has 7 heteroatoms. The molecule has 1 aliphatic heterocycles. The molecule has 0 aliphatic carbocycles. The van der Waals surface area contributed by atoms with E-state index >= 15 is 0 Å². The van der Waals surface area contributed by atoms with Crippen molar-refractivity contribution in [1.82, 2.24) is 0 Å². The first-order valence-electron chi connectivity index (χ1n) is 5.05. The molecule has 0 saturated heterocycles. The van der Waals surface area contributed by atoms with Gasteiger partial charge in [0.2, 0.25) is 0 Å². The molecular weight excluding hydrogens is 233 g/mol. The van der Waals surface area contributed by atoms with E-state index in [1.807, 2.05) is 0 Å². The van der Waals surface area contributed by atoms with Crippen molar-refractivity contribution in [2.24, 2.45) is 16.0 Å². The molecule has 2 rings (SSSR count). The van der Waals surface area contributed by atoms with Gasteiger partial charge in [-0.25, -0.2) is 0 Å². The molecule has 0 bridgehead atoms. The van der Waals surface area contributed by atoms with Crippen molar-refractivity contribution >= 4 is 5.69 Å². The highest BCUT2D eigenvalue weighted by molar-refractivity contribution is 5.46. The van der Waals surface area contributed by atoms with Gasteiger partial charge in [-0.3, -0.25) is 0 Å². The average molecular weight is 244 g/mol. The van der Waals surface area contributed by atoms with Crippen molar-refractivity contribution in [3.05, 3.63) is 29.8 Å². The van der Waals surface area contributed by atoms with Gasteiger partial charge in [0.1, 0.15) is 0 Å². The fraction of sp³-hybridized carbons (Fsp3) is 0.400. The quantitative estimate of drug-likeness (QED) is 0.853. The van der Waals surface area contributed by atoms with E-state index in [0.717, 1.165) is 5.69 Å². The second-order valence-corrected chi connectivity index (χ2v) is 3.66. The highest BCUT2D eigenvalue weighted by Crippen LogP contribution is 2.52. The second kappa shape index (κ2) is 3.99. The van der Waals surface area contributed by atoms with Crippen LogP contribution in [0.5, 0.6) is 0 Å². The monoisotopic (exact) mass is 244 g/mol. The maximum Gasteiger partial charge on any atom is 0.442 e. The van der Waals surface area contributed by atoms with Crippen LogP contribution in [0.15, 0.2) is 34.5 Å². The van der Waals surface area contributed by atoms with E-state index in [-0.39, 0.29) is 5.56 Å². The average Bonchev–Trinajstić information content (AvgIpc) is 3.07. The minimum absolute atomic E-state index is 0.0308. The Labute approximate surface area is 95.7 Å². The molecule has 1 aliphatic rings. The van der Waals surface area contributed by atoms with Gasteiger partial charge in [0, 0.05) is 24.3 Å². The third-order valence-corrected chi connectivity index (χ3v) is 2.46. The number of anilines is 1. The van der Waals surface area contributed by atoms with Gasteiger partial charge in [0.05, 0.1) is 0 Å². The van der Waals surface area contributed by atoms with Crippen molar-refractivity contribution in [2.45, 2.75) is 11.8 Å². The Hall–Kier alpha value is -1.63. The van der Waals surface area contributed by atoms with E-state index in [1.54, 1.807) is 12.1 Å². The molecule has 0 aromatic heterocycles. The van der Waals surface area contributed by atoms with E-state index in [4.69, 9.17) is 5.73 Å². The van der Waals surface area contributed by atoms with Crippen LogP contribution >= 0.6 is 0 Å². The molecular formula is C10H11F3N4. The molecule has 1 aromatic rings. The van der Waals surface area contributed by atoms with Crippen LogP contribution in [0.4, 0.5) is 18.9 Å². The Balaban J connectivity index is 2.14. The lowest BCUT2D eigenvalue weighted by Crippen LogP contribution is -2.30. The van der Waals surface area contributed by atoms with Gasteiger partial charge < -0.3 is 11.1 Å². The fourth-order valence-corrected chi connectivity index (χ4v) is 1.48. The molecule has 0 amide bonds. The van der Waals surface area contributed by atoms with Gasteiger partial charge in [0.15, 0.2) is 0 Å². The summed E-state index contributed by atoms with van der Waals surface area (Å²) in [5.74, 6) is 0. The third kappa shape index (κ3) is 2.10. The fourth-order valence-electron chi connectivity index (χ4n) is 1.48. The lowest BCUT2D eigenvalue weighted by molar-refractivity contribution is -0.166. The highest BCUT2D eigenvalue weighted by Gasteiger charge is 2.65. The summed E-state index contributed by atoms with van der Waals surface area (Å²) in [5.41, 5.74) is 3.72. The van der Waals surface area contributed by atoms with Gasteiger partial charge in [-0.2, -0.15) is 13.2 Å². The van der Waals surface area contributed by atoms with Crippen LogP contribution < -0.4 is 11.1 Å². The topological polar surface area (TPSA) is 62.8 Å². The summed E-state index contributed by atoms with van der Waals surface area (Å²) in [6.45, 7) is 1.03. The first-order valence-corrected chi connectivity index (χ1v) is 5.05. The Kier molecular flexibility index (Phi) is 2.78. The number of nitrogens with zero attached hydrogens (tertiary/aromatic N) is 2. The Morgan fingerprint density at radius 2 is 1.76 bits per heavy atom. The Morgan fingerprint density at radius 1 is 1.18 bits per heavy atom. The first kappa shape index (κ1) is 11.8. The Morgan fingerprint density at radius 3 is 2.18 bits per heavy atom. The van der Waals surface area contributed by atoms with Crippen LogP contribution in [0, 0.1) is 0 Å². The largest absolute Gasteiger partial charge is 0.442 e. The third-order valence-electron chi connectivity index (χ3n) is 2.46. The lowest BCUT2D eigenvalue weighted by Gasteiger charge is -2.15. The van der Waals surface area contributed by atoms with Crippen molar-refractivity contribution in [1.29, 1.82) is 0 Å². The van der Waals surface area contributed by atoms with Gasteiger partial charge in [-0.05, 0) is 12.1 Å². The molecule has 4 nitrogen and oxygen atoms in total. The van der Waals surface area contributed by atoms with Crippen molar-refractivity contribution in [2.75, 3.05) is 18.4 Å². The van der Waals surface area contributed by atoms with Crippen LogP contribution in [-0.4, -0.2) is 19.3 Å². The number of rotatable bonds is 4. The number of halogens is 3. The van der Waals surface area contributed by atoms with Crippen LogP contribution in [0.2, 0.25) is 0 Å². The number of hydrogen-bond donors (Lipinski definition) is 2. The molecule has 3 N–H and O–H groups in total. The zero-order valence-corrected chi connectivity index (χ0v) is 8.83. The van der Waals surface area contributed by atoms with Gasteiger partial charge in [0.25, 0.3) is 0 Å². The van der Waals surface area contributed by atoms with E-state index in [2.05, 4.69) is 15.5 Å². The zero-order valence-electron chi connectivity index (χ0n) is 8.83. The van der Waals surface area contributed by atoms with E-state index < -0.39 is 11.8 Å². The molecule has 0 spiro atoms. The van der Waals surface area contributed by atoms with Crippen molar-refractivity contribution in [3.8, 4) is 0 Å². The lowest BCUT2D eigenvalue weighted by atomic mass is 10.0. The van der Waals surface area contributed by atoms with Gasteiger partial charge in [-0.1, -0.05) is 12.1 Å². The molecule has 0 unspecified atom stereocenters. The summed E-state index contributed by atoms with van der Waals surface area (Å²) in [7, 11) is 0. The smallest absolute Gasteiger partial charge is 0.384 e. The summed E-state index contributed by atoms with van der Waals surface area (Å²) >= 11 is 0. The number of benzene rings is 1. The maximum atomic E-state index is 12.7. The number of alkyl halides is 3. The SMILES string of the molecule is NCCNc1ccc(C2(C(F)(F)F)N=N2)cc1. The number of hydrogen-bond acceptors (Lipinski definition) is 4. The predicted molar refractivity (Wildman–Crippen MR) is 56.6 cm³/mol. The molecule has 1 aromatic carbocycles. The molecule has 17 heavy (non-hydrogen) atoms. The Bertz CT molecular complexity index is 418. The second-order valence-electron chi connectivity index (χ2n) is 3.66. The van der Waals surface area contributed by atoms with Crippen LogP contribution in [-0.2, 0) is 5.66 Å². The highest BCUT2D eigenvalue weighted by atomic mass is 19.4. The minimum atomic E-state index is -4.47. The maximum absolute atomic E-state index is 12.7.